The Bertz CT molecular complexity index is 452. The van der Waals surface area contributed by atoms with Gasteiger partial charge in [-0.25, -0.2) is 0 Å². The summed E-state index contributed by atoms with van der Waals surface area (Å²) in [6.45, 7) is 0.0758. The van der Waals surface area contributed by atoms with Crippen molar-refractivity contribution in [2.24, 2.45) is 0 Å². The van der Waals surface area contributed by atoms with Gasteiger partial charge in [0, 0.05) is 13.8 Å². The summed E-state index contributed by atoms with van der Waals surface area (Å²) < 4.78 is 2.96. The van der Waals surface area contributed by atoms with Crippen LogP contribution in [0.1, 0.15) is 5.56 Å². The van der Waals surface area contributed by atoms with Crippen LogP contribution in [0.3, 0.4) is 0 Å². The molecule has 0 aliphatic carbocycles. The van der Waals surface area contributed by atoms with E-state index in [4.69, 9.17) is 11.6 Å². The summed E-state index contributed by atoms with van der Waals surface area (Å²) in [5.74, 6) is 0. The van der Waals surface area contributed by atoms with Crippen molar-refractivity contribution in [1.82, 2.24) is 0 Å². The van der Waals surface area contributed by atoms with E-state index in [1.165, 1.54) is 11.3 Å². The van der Waals surface area contributed by atoms with Crippen molar-refractivity contribution in [3.8, 4) is 0 Å². The molecule has 1 N–H and O–H groups in total. The number of aliphatic hydroxyl groups excluding tert-OH is 1. The second kappa shape index (κ2) is 3.73. The van der Waals surface area contributed by atoms with E-state index in [9.17, 15) is 5.11 Å². The largest absolute Gasteiger partial charge is 0.392 e. The Labute approximate surface area is 98.5 Å². The lowest BCUT2D eigenvalue weighted by Gasteiger charge is -2.00. The number of rotatable bonds is 1. The van der Waals surface area contributed by atoms with E-state index in [-0.39, 0.29) is 6.61 Å². The predicted octanol–water partition coefficient (Wildman–Crippen LogP) is 3.65. The summed E-state index contributed by atoms with van der Waals surface area (Å²) in [5, 5.41) is 10.3. The van der Waals surface area contributed by atoms with Gasteiger partial charge in [0.05, 0.1) is 10.9 Å². The van der Waals surface area contributed by atoms with E-state index in [1.807, 2.05) is 18.2 Å². The Morgan fingerprint density at radius 1 is 1.46 bits per heavy atom. The van der Waals surface area contributed by atoms with Crippen molar-refractivity contribution in [2.45, 2.75) is 6.61 Å². The normalized spacial score (nSPS) is 11.0. The fourth-order valence-corrected chi connectivity index (χ4v) is 3.33. The third-order valence-corrected chi connectivity index (χ3v) is 4.21. The monoisotopic (exact) mass is 324 g/mol. The summed E-state index contributed by atoms with van der Waals surface area (Å²) >= 11 is 9.64. The number of hydrogen-bond acceptors (Lipinski definition) is 2. The van der Waals surface area contributed by atoms with Crippen LogP contribution in [0.2, 0.25) is 4.34 Å². The van der Waals surface area contributed by atoms with Gasteiger partial charge < -0.3 is 5.11 Å². The van der Waals surface area contributed by atoms with Crippen LogP contribution < -0.4 is 0 Å². The molecule has 0 aliphatic rings. The zero-order chi connectivity index (χ0) is 9.42. The minimum absolute atomic E-state index is 0.0758. The predicted molar refractivity (Wildman–Crippen MR) is 65.5 cm³/mol. The van der Waals surface area contributed by atoms with E-state index in [1.54, 1.807) is 0 Å². The van der Waals surface area contributed by atoms with Gasteiger partial charge in [0.25, 0.3) is 0 Å². The average Bonchev–Trinajstić information content (AvgIpc) is 2.45. The summed E-state index contributed by atoms with van der Waals surface area (Å²) in [7, 11) is 0. The van der Waals surface area contributed by atoms with Gasteiger partial charge >= 0.3 is 0 Å². The van der Waals surface area contributed by atoms with Gasteiger partial charge in [0.15, 0.2) is 0 Å². The first-order valence-electron chi connectivity index (χ1n) is 3.69. The first-order valence-corrected chi connectivity index (χ1v) is 5.97. The van der Waals surface area contributed by atoms with Crippen LogP contribution in [0.15, 0.2) is 18.2 Å². The molecule has 2 rings (SSSR count). The highest BCUT2D eigenvalue weighted by Crippen LogP contribution is 2.34. The second-order valence-electron chi connectivity index (χ2n) is 2.65. The maximum atomic E-state index is 9.18. The van der Waals surface area contributed by atoms with E-state index >= 15 is 0 Å². The molecule has 13 heavy (non-hydrogen) atoms. The van der Waals surface area contributed by atoms with Crippen LogP contribution in [-0.2, 0) is 6.61 Å². The molecule has 1 nitrogen and oxygen atoms in total. The number of halogens is 2. The van der Waals surface area contributed by atoms with Gasteiger partial charge in [-0.1, -0.05) is 17.7 Å². The third-order valence-electron chi connectivity index (χ3n) is 1.86. The smallest absolute Gasteiger partial charge is 0.0941 e. The highest BCUT2D eigenvalue weighted by atomic mass is 127. The lowest BCUT2D eigenvalue weighted by molar-refractivity contribution is 0.282. The van der Waals surface area contributed by atoms with Gasteiger partial charge in [-0.2, -0.15) is 0 Å². The van der Waals surface area contributed by atoms with Crippen LogP contribution in [0.5, 0.6) is 0 Å². The summed E-state index contributed by atoms with van der Waals surface area (Å²) in [4.78, 5) is 0. The molecule has 68 valence electrons. The number of aliphatic hydroxyl groups is 1. The topological polar surface area (TPSA) is 20.2 Å². The number of benzene rings is 1. The van der Waals surface area contributed by atoms with Crippen LogP contribution >= 0.6 is 45.5 Å². The molecule has 0 aliphatic heterocycles. The van der Waals surface area contributed by atoms with Crippen molar-refractivity contribution >= 4 is 55.6 Å². The Morgan fingerprint density at radius 2 is 2.23 bits per heavy atom. The van der Waals surface area contributed by atoms with Gasteiger partial charge in [0.1, 0.15) is 0 Å². The standard InChI is InChI=1S/C9H6ClIOS/c10-8-3-5-1-2-7(11)6(4-12)9(5)13-8/h1-3,12H,4H2. The van der Waals surface area contributed by atoms with Gasteiger partial charge in [-0.15, -0.1) is 11.3 Å². The molecule has 1 aromatic heterocycles. The van der Waals surface area contributed by atoms with Gasteiger partial charge in [0.2, 0.25) is 0 Å². The van der Waals surface area contributed by atoms with Gasteiger partial charge in [-0.05, 0) is 40.1 Å². The fraction of sp³-hybridized carbons (Fsp3) is 0.111. The molecule has 0 saturated heterocycles. The van der Waals surface area contributed by atoms with Gasteiger partial charge in [-0.3, -0.25) is 0 Å². The molecule has 4 heteroatoms. The first-order chi connectivity index (χ1) is 6.22. The lowest BCUT2D eigenvalue weighted by Crippen LogP contribution is -1.87. The Morgan fingerprint density at radius 3 is 2.92 bits per heavy atom. The third kappa shape index (κ3) is 1.70. The molecule has 1 heterocycles. The van der Waals surface area contributed by atoms with E-state index in [0.29, 0.717) is 0 Å². The molecule has 0 fully saturated rings. The Kier molecular flexibility index (Phi) is 2.78. The minimum Gasteiger partial charge on any atom is -0.392 e. The fourth-order valence-electron chi connectivity index (χ4n) is 1.25. The number of fused-ring (bicyclic) bond motifs is 1. The number of hydrogen-bond donors (Lipinski definition) is 1. The molecule has 0 spiro atoms. The van der Waals surface area contributed by atoms with Crippen molar-refractivity contribution in [3.63, 3.8) is 0 Å². The zero-order valence-corrected chi connectivity index (χ0v) is 10.3. The minimum atomic E-state index is 0.0758. The maximum absolute atomic E-state index is 9.18. The molecule has 0 saturated carbocycles. The van der Waals surface area contributed by atoms with Crippen molar-refractivity contribution < 1.29 is 5.11 Å². The maximum Gasteiger partial charge on any atom is 0.0941 e. The molecule has 0 atom stereocenters. The van der Waals surface area contributed by atoms with Crippen molar-refractivity contribution in [3.05, 3.63) is 31.7 Å². The average molecular weight is 325 g/mol. The lowest BCUT2D eigenvalue weighted by atomic mass is 10.2. The van der Waals surface area contributed by atoms with E-state index in [2.05, 4.69) is 22.6 Å². The van der Waals surface area contributed by atoms with E-state index < -0.39 is 0 Å². The van der Waals surface area contributed by atoms with Crippen LogP contribution in [0.25, 0.3) is 10.1 Å². The van der Waals surface area contributed by atoms with Crippen molar-refractivity contribution in [2.75, 3.05) is 0 Å². The molecule has 0 radical (unpaired) electrons. The summed E-state index contributed by atoms with van der Waals surface area (Å²) in [6, 6.07) is 5.95. The first kappa shape index (κ1) is 9.71. The highest BCUT2D eigenvalue weighted by molar-refractivity contribution is 14.1. The molecular weight excluding hydrogens is 319 g/mol. The summed E-state index contributed by atoms with van der Waals surface area (Å²) in [5.41, 5.74) is 0.981. The van der Waals surface area contributed by atoms with E-state index in [0.717, 1.165) is 23.6 Å². The Hall–Kier alpha value is 0.160. The Balaban J connectivity index is 2.82. The number of thiophene rings is 1. The summed E-state index contributed by atoms with van der Waals surface area (Å²) in [6.07, 6.45) is 0. The molecule has 0 unspecified atom stereocenters. The zero-order valence-electron chi connectivity index (χ0n) is 6.55. The highest BCUT2D eigenvalue weighted by Gasteiger charge is 2.07. The molecule has 2 aromatic rings. The SMILES string of the molecule is OCc1c(I)ccc2cc(Cl)sc12. The molecule has 0 bridgehead atoms. The van der Waals surface area contributed by atoms with Crippen LogP contribution in [0, 0.1) is 3.57 Å². The quantitative estimate of drug-likeness (QED) is 0.794. The second-order valence-corrected chi connectivity index (χ2v) is 5.50. The van der Waals surface area contributed by atoms with Crippen LogP contribution in [-0.4, -0.2) is 5.11 Å². The van der Waals surface area contributed by atoms with Crippen molar-refractivity contribution in [1.29, 1.82) is 0 Å². The molecule has 1 aromatic carbocycles. The molecule has 0 amide bonds. The van der Waals surface area contributed by atoms with Crippen LogP contribution in [0.4, 0.5) is 0 Å². The molecular formula is C9H6ClIOS.